The van der Waals surface area contributed by atoms with Crippen molar-refractivity contribution in [3.63, 3.8) is 0 Å². The maximum Gasteiger partial charge on any atom is 0.161 e. The van der Waals surface area contributed by atoms with Gasteiger partial charge in [-0.25, -0.2) is 0 Å². The van der Waals surface area contributed by atoms with Gasteiger partial charge < -0.3 is 9.84 Å². The SMILES string of the molecule is COCC1(CO)C(=O)C2CCN1[C@H](c1ccccn1)C2. The average Bonchev–Trinajstić information content (AvgIpc) is 2.52. The van der Waals surface area contributed by atoms with E-state index in [9.17, 15) is 9.90 Å². The van der Waals surface area contributed by atoms with E-state index in [1.807, 2.05) is 18.2 Å². The first-order valence-electron chi connectivity index (χ1n) is 7.04. The van der Waals surface area contributed by atoms with E-state index >= 15 is 0 Å². The Morgan fingerprint density at radius 2 is 2.40 bits per heavy atom. The van der Waals surface area contributed by atoms with Gasteiger partial charge in [0.05, 0.1) is 24.9 Å². The molecule has 1 N–H and O–H groups in total. The summed E-state index contributed by atoms with van der Waals surface area (Å²) in [7, 11) is 1.57. The van der Waals surface area contributed by atoms with Gasteiger partial charge in [0.25, 0.3) is 0 Å². The van der Waals surface area contributed by atoms with Crippen molar-refractivity contribution in [2.24, 2.45) is 5.92 Å². The van der Waals surface area contributed by atoms with E-state index in [1.165, 1.54) is 0 Å². The number of pyridine rings is 1. The number of nitrogens with zero attached hydrogens (tertiary/aromatic N) is 2. The predicted octanol–water partition coefficient (Wildman–Crippen LogP) is 0.795. The molecule has 20 heavy (non-hydrogen) atoms. The molecule has 0 aromatic carbocycles. The lowest BCUT2D eigenvalue weighted by atomic mass is 9.70. The number of ether oxygens (including phenoxy) is 1. The quantitative estimate of drug-likeness (QED) is 0.881. The third kappa shape index (κ3) is 1.89. The van der Waals surface area contributed by atoms with Gasteiger partial charge in [-0.05, 0) is 25.0 Å². The number of methoxy groups -OCH3 is 1. The Labute approximate surface area is 118 Å². The molecular weight excluding hydrogens is 256 g/mol. The Hall–Kier alpha value is -1.30. The highest BCUT2D eigenvalue weighted by Gasteiger charge is 2.56. The summed E-state index contributed by atoms with van der Waals surface area (Å²) in [6.07, 6.45) is 3.44. The molecule has 1 aromatic rings. The first kappa shape index (κ1) is 13.7. The largest absolute Gasteiger partial charge is 0.394 e. The van der Waals surface area contributed by atoms with Gasteiger partial charge >= 0.3 is 0 Å². The topological polar surface area (TPSA) is 62.7 Å². The zero-order chi connectivity index (χ0) is 14.2. The van der Waals surface area contributed by atoms with Gasteiger partial charge in [-0.3, -0.25) is 14.7 Å². The highest BCUT2D eigenvalue weighted by atomic mass is 16.5. The minimum Gasteiger partial charge on any atom is -0.394 e. The number of aromatic nitrogens is 1. The average molecular weight is 276 g/mol. The third-order valence-electron chi connectivity index (χ3n) is 4.66. The molecule has 0 amide bonds. The summed E-state index contributed by atoms with van der Waals surface area (Å²) in [5.74, 6) is 0.134. The summed E-state index contributed by atoms with van der Waals surface area (Å²) in [6.45, 7) is 0.850. The van der Waals surface area contributed by atoms with Crippen LogP contribution in [-0.4, -0.2) is 53.2 Å². The predicted molar refractivity (Wildman–Crippen MR) is 73.1 cm³/mol. The molecule has 0 spiro atoms. The fraction of sp³-hybridized carbons (Fsp3) is 0.600. The van der Waals surface area contributed by atoms with Crippen molar-refractivity contribution in [1.82, 2.24) is 9.88 Å². The van der Waals surface area contributed by atoms with Crippen molar-refractivity contribution >= 4 is 5.78 Å². The number of Topliss-reactive ketones (excluding diaryl/α,β-unsaturated/α-hetero) is 1. The Bertz CT molecular complexity index is 493. The van der Waals surface area contributed by atoms with Crippen LogP contribution in [0.2, 0.25) is 0 Å². The van der Waals surface area contributed by atoms with Crippen molar-refractivity contribution in [3.8, 4) is 0 Å². The molecule has 3 aliphatic rings. The Balaban J connectivity index is 1.99. The number of ketones is 1. The second-order valence-electron chi connectivity index (χ2n) is 5.67. The molecule has 3 saturated heterocycles. The van der Waals surface area contributed by atoms with Crippen molar-refractivity contribution in [3.05, 3.63) is 30.1 Å². The summed E-state index contributed by atoms with van der Waals surface area (Å²) >= 11 is 0. The molecular formula is C15H20N2O3. The van der Waals surface area contributed by atoms with Crippen LogP contribution >= 0.6 is 0 Å². The molecule has 4 rings (SSSR count). The van der Waals surface area contributed by atoms with E-state index in [0.717, 1.165) is 25.1 Å². The highest BCUT2D eigenvalue weighted by Crippen LogP contribution is 2.46. The van der Waals surface area contributed by atoms with Gasteiger partial charge in [0, 0.05) is 25.8 Å². The number of hydrogen-bond acceptors (Lipinski definition) is 5. The lowest BCUT2D eigenvalue weighted by molar-refractivity contribution is -0.166. The smallest absolute Gasteiger partial charge is 0.161 e. The van der Waals surface area contributed by atoms with Gasteiger partial charge in [0.15, 0.2) is 5.78 Å². The number of hydrogen-bond donors (Lipinski definition) is 1. The van der Waals surface area contributed by atoms with Gasteiger partial charge in [-0.15, -0.1) is 0 Å². The first-order chi connectivity index (χ1) is 9.73. The van der Waals surface area contributed by atoms with Crippen LogP contribution in [0.15, 0.2) is 24.4 Å². The standard InChI is InChI=1S/C15H20N2O3/c1-20-10-15(9-18)14(19)11-5-7-17(15)13(8-11)12-4-2-3-6-16-12/h2-4,6,11,13,18H,5,7-10H2,1H3/t11?,13-,15?/m0/s1. The summed E-state index contributed by atoms with van der Waals surface area (Å²) in [4.78, 5) is 19.1. The maximum absolute atomic E-state index is 12.6. The maximum atomic E-state index is 12.6. The summed E-state index contributed by atoms with van der Waals surface area (Å²) < 4.78 is 5.24. The second-order valence-corrected chi connectivity index (χ2v) is 5.67. The normalized spacial score (nSPS) is 36.3. The Kier molecular flexibility index (Phi) is 3.58. The van der Waals surface area contributed by atoms with E-state index < -0.39 is 5.54 Å². The molecule has 3 aliphatic heterocycles. The zero-order valence-electron chi connectivity index (χ0n) is 11.7. The summed E-state index contributed by atoms with van der Waals surface area (Å²) in [5, 5.41) is 9.87. The summed E-state index contributed by atoms with van der Waals surface area (Å²) in [5.41, 5.74) is 0.0802. The number of piperidine rings is 3. The van der Waals surface area contributed by atoms with Crippen molar-refractivity contribution in [2.75, 3.05) is 26.9 Å². The molecule has 3 unspecified atom stereocenters. The fourth-order valence-electron chi connectivity index (χ4n) is 3.70. The first-order valence-corrected chi connectivity index (χ1v) is 7.04. The van der Waals surface area contributed by atoms with Crippen molar-refractivity contribution in [2.45, 2.75) is 24.4 Å². The summed E-state index contributed by atoms with van der Waals surface area (Å²) in [6, 6.07) is 5.93. The highest BCUT2D eigenvalue weighted by molar-refractivity contribution is 5.92. The van der Waals surface area contributed by atoms with E-state index in [4.69, 9.17) is 4.74 Å². The van der Waals surface area contributed by atoms with Gasteiger partial charge in [-0.2, -0.15) is 0 Å². The molecule has 1 aromatic heterocycles. The van der Waals surface area contributed by atoms with Gasteiger partial charge in [-0.1, -0.05) is 6.07 Å². The molecule has 3 fully saturated rings. The molecule has 0 aliphatic carbocycles. The van der Waals surface area contributed by atoms with Crippen LogP contribution in [0.5, 0.6) is 0 Å². The van der Waals surface area contributed by atoms with E-state index in [0.29, 0.717) is 0 Å². The van der Waals surface area contributed by atoms with E-state index in [1.54, 1.807) is 13.3 Å². The lowest BCUT2D eigenvalue weighted by Crippen LogP contribution is -2.69. The van der Waals surface area contributed by atoms with Crippen molar-refractivity contribution in [1.29, 1.82) is 0 Å². The Morgan fingerprint density at radius 3 is 3.05 bits per heavy atom. The minimum atomic E-state index is -0.891. The number of aliphatic hydroxyl groups is 1. The molecule has 5 nitrogen and oxygen atoms in total. The van der Waals surface area contributed by atoms with Crippen molar-refractivity contribution < 1.29 is 14.6 Å². The number of carbonyl (C=O) groups excluding carboxylic acids is 1. The number of fused-ring (bicyclic) bond motifs is 3. The molecule has 0 radical (unpaired) electrons. The number of rotatable bonds is 4. The lowest BCUT2D eigenvalue weighted by Gasteiger charge is -2.55. The minimum absolute atomic E-state index is 0.00862. The van der Waals surface area contributed by atoms with Crippen LogP contribution in [0.4, 0.5) is 0 Å². The van der Waals surface area contributed by atoms with Gasteiger partial charge in [0.1, 0.15) is 5.54 Å². The monoisotopic (exact) mass is 276 g/mol. The van der Waals surface area contributed by atoms with Gasteiger partial charge in [0.2, 0.25) is 0 Å². The molecule has 0 saturated carbocycles. The van der Waals surface area contributed by atoms with E-state index in [2.05, 4.69) is 9.88 Å². The third-order valence-corrected chi connectivity index (χ3v) is 4.66. The van der Waals surface area contributed by atoms with Crippen LogP contribution in [-0.2, 0) is 9.53 Å². The molecule has 4 atom stereocenters. The van der Waals surface area contributed by atoms with E-state index in [-0.39, 0.29) is 31.0 Å². The van der Waals surface area contributed by atoms with Crippen LogP contribution < -0.4 is 0 Å². The molecule has 2 bridgehead atoms. The molecule has 5 heteroatoms. The van der Waals surface area contributed by atoms with Crippen LogP contribution in [0.25, 0.3) is 0 Å². The number of carbonyl (C=O) groups is 1. The van der Waals surface area contributed by atoms with Crippen LogP contribution in [0.3, 0.4) is 0 Å². The zero-order valence-corrected chi connectivity index (χ0v) is 11.7. The number of aliphatic hydroxyl groups excluding tert-OH is 1. The molecule has 4 heterocycles. The Morgan fingerprint density at radius 1 is 1.55 bits per heavy atom. The molecule has 108 valence electrons. The van der Waals surface area contributed by atoms with Crippen LogP contribution in [0.1, 0.15) is 24.6 Å². The fourth-order valence-corrected chi connectivity index (χ4v) is 3.70. The van der Waals surface area contributed by atoms with Crippen LogP contribution in [0, 0.1) is 5.92 Å². The second kappa shape index (κ2) is 5.24.